The summed E-state index contributed by atoms with van der Waals surface area (Å²) < 4.78 is 6.47. The van der Waals surface area contributed by atoms with Gasteiger partial charge in [0.05, 0.1) is 18.4 Å². The smallest absolute Gasteiger partial charge is 0.203 e. The number of hydrogen-bond acceptors (Lipinski definition) is 4. The van der Waals surface area contributed by atoms with Crippen LogP contribution in [0, 0.1) is 18.6 Å². The van der Waals surface area contributed by atoms with E-state index in [1.807, 2.05) is 64.6 Å². The molecule has 0 bridgehead atoms. The molecule has 2 aromatic carbocycles. The van der Waals surface area contributed by atoms with E-state index in [0.29, 0.717) is 16.5 Å². The van der Waals surface area contributed by atoms with Crippen LogP contribution in [0.15, 0.2) is 61.2 Å². The third-order valence-electron chi connectivity index (χ3n) is 5.43. The summed E-state index contributed by atoms with van der Waals surface area (Å²) in [6.07, 6.45) is 5.55. The van der Waals surface area contributed by atoms with E-state index in [1.165, 1.54) is 5.56 Å². The van der Waals surface area contributed by atoms with Crippen molar-refractivity contribution < 1.29 is 0 Å². The van der Waals surface area contributed by atoms with Crippen molar-refractivity contribution in [3.05, 3.63) is 93.5 Å². The molecular weight excluding hydrogens is 428 g/mol. The second-order valence-electron chi connectivity index (χ2n) is 7.82. The average Bonchev–Trinajstić information content (AvgIpc) is 3.30. The lowest BCUT2D eigenvalue weighted by Crippen LogP contribution is -2.30. The van der Waals surface area contributed by atoms with Crippen molar-refractivity contribution in [2.75, 3.05) is 7.05 Å². The molecule has 31 heavy (non-hydrogen) atoms. The number of aromatic nitrogens is 5. The monoisotopic (exact) mass is 452 g/mol. The van der Waals surface area contributed by atoms with Crippen molar-refractivity contribution in [3.8, 4) is 5.69 Å². The largest absolute Gasteiger partial charge is 0.336 e. The minimum atomic E-state index is -0.0783. The van der Waals surface area contributed by atoms with Crippen LogP contribution in [-0.2, 0) is 13.7 Å². The molecule has 0 aliphatic carbocycles. The van der Waals surface area contributed by atoms with Gasteiger partial charge in [0.2, 0.25) is 4.77 Å². The Bertz CT molecular complexity index is 1250. The molecule has 2 heterocycles. The third-order valence-corrected chi connectivity index (χ3v) is 6.09. The number of imidazole rings is 1. The fourth-order valence-electron chi connectivity index (χ4n) is 3.85. The van der Waals surface area contributed by atoms with Crippen molar-refractivity contribution in [1.82, 2.24) is 28.8 Å². The van der Waals surface area contributed by atoms with E-state index in [4.69, 9.17) is 23.8 Å². The first kappa shape index (κ1) is 21.5. The van der Waals surface area contributed by atoms with Crippen molar-refractivity contribution in [1.29, 1.82) is 0 Å². The van der Waals surface area contributed by atoms with Gasteiger partial charge in [0.1, 0.15) is 12.2 Å². The molecule has 4 aromatic rings. The van der Waals surface area contributed by atoms with Crippen molar-refractivity contribution in [2.24, 2.45) is 7.05 Å². The summed E-state index contributed by atoms with van der Waals surface area (Å²) >= 11 is 11.9. The van der Waals surface area contributed by atoms with E-state index in [0.717, 1.165) is 22.6 Å². The highest BCUT2D eigenvalue weighted by Gasteiger charge is 2.24. The number of nitrogens with zero attached hydrogens (tertiary/aromatic N) is 6. The van der Waals surface area contributed by atoms with Gasteiger partial charge in [-0.25, -0.2) is 9.67 Å². The molecule has 160 valence electrons. The molecule has 0 saturated heterocycles. The molecule has 0 spiro atoms. The molecular formula is C23H25ClN6S. The quantitative estimate of drug-likeness (QED) is 0.382. The predicted molar refractivity (Wildman–Crippen MR) is 126 cm³/mol. The molecule has 0 saturated carbocycles. The Hall–Kier alpha value is -2.74. The zero-order valence-corrected chi connectivity index (χ0v) is 19.6. The fraction of sp³-hybridized carbons (Fsp3) is 0.261. The van der Waals surface area contributed by atoms with Crippen LogP contribution in [0.5, 0.6) is 0 Å². The van der Waals surface area contributed by atoms with Crippen LogP contribution < -0.4 is 0 Å². The maximum absolute atomic E-state index is 6.12. The maximum atomic E-state index is 6.12. The van der Waals surface area contributed by atoms with Gasteiger partial charge in [0.15, 0.2) is 0 Å². The summed E-state index contributed by atoms with van der Waals surface area (Å²) in [7, 11) is 4.05. The van der Waals surface area contributed by atoms with Gasteiger partial charge in [-0.3, -0.25) is 9.47 Å². The predicted octanol–water partition coefficient (Wildman–Crippen LogP) is 5.09. The fourth-order valence-corrected chi connectivity index (χ4v) is 4.23. The molecule has 0 amide bonds. The molecule has 0 aliphatic heterocycles. The summed E-state index contributed by atoms with van der Waals surface area (Å²) in [5.74, 6) is 0.935. The van der Waals surface area contributed by atoms with Gasteiger partial charge in [-0.05, 0) is 62.4 Å². The summed E-state index contributed by atoms with van der Waals surface area (Å²) in [6, 6.07) is 14.1. The van der Waals surface area contributed by atoms with Gasteiger partial charge in [0.25, 0.3) is 0 Å². The number of halogens is 1. The van der Waals surface area contributed by atoms with Gasteiger partial charge in [0, 0.05) is 24.5 Å². The second kappa shape index (κ2) is 8.78. The Morgan fingerprint density at radius 3 is 2.52 bits per heavy atom. The third kappa shape index (κ3) is 4.35. The van der Waals surface area contributed by atoms with Crippen LogP contribution in [0.1, 0.15) is 28.6 Å². The van der Waals surface area contributed by atoms with Gasteiger partial charge >= 0.3 is 0 Å². The Morgan fingerprint density at radius 2 is 1.87 bits per heavy atom. The molecule has 1 atom stereocenters. The lowest BCUT2D eigenvalue weighted by Gasteiger charge is -2.28. The molecule has 1 unspecified atom stereocenters. The first-order valence-corrected chi connectivity index (χ1v) is 10.8. The van der Waals surface area contributed by atoms with E-state index in [9.17, 15) is 0 Å². The van der Waals surface area contributed by atoms with Crippen LogP contribution in [0.25, 0.3) is 5.69 Å². The van der Waals surface area contributed by atoms with Crippen LogP contribution in [-0.4, -0.2) is 35.8 Å². The number of aryl methyl sites for hydroxylation is 3. The highest BCUT2D eigenvalue weighted by molar-refractivity contribution is 7.71. The molecule has 0 N–H and O–H groups in total. The van der Waals surface area contributed by atoms with Gasteiger partial charge in [-0.1, -0.05) is 41.4 Å². The minimum Gasteiger partial charge on any atom is -0.336 e. The second-order valence-corrected chi connectivity index (χ2v) is 8.62. The standard InChI is InChI=1S/C23H25ClN6S/c1-16-5-10-20(17(2)13-16)29-14-26-30(23(29)31)15-28(4)21(22-25-11-12-27(22)3)18-6-8-19(24)9-7-18/h5-14,21H,15H2,1-4H3. The number of rotatable bonds is 6. The van der Waals surface area contributed by atoms with E-state index in [2.05, 4.69) is 47.0 Å². The molecule has 6 nitrogen and oxygen atoms in total. The topological polar surface area (TPSA) is 43.8 Å². The summed E-state index contributed by atoms with van der Waals surface area (Å²) in [4.78, 5) is 6.78. The lowest BCUT2D eigenvalue weighted by molar-refractivity contribution is 0.199. The van der Waals surface area contributed by atoms with Crippen LogP contribution in [0.2, 0.25) is 5.02 Å². The lowest BCUT2D eigenvalue weighted by atomic mass is 10.1. The maximum Gasteiger partial charge on any atom is 0.203 e. The van der Waals surface area contributed by atoms with E-state index >= 15 is 0 Å². The van der Waals surface area contributed by atoms with Gasteiger partial charge in [-0.2, -0.15) is 5.10 Å². The molecule has 4 rings (SSSR count). The van der Waals surface area contributed by atoms with Gasteiger partial charge in [-0.15, -0.1) is 0 Å². The van der Waals surface area contributed by atoms with Crippen molar-refractivity contribution in [3.63, 3.8) is 0 Å². The summed E-state index contributed by atoms with van der Waals surface area (Å²) in [5, 5.41) is 5.28. The Balaban J connectivity index is 1.67. The first-order chi connectivity index (χ1) is 14.8. The highest BCUT2D eigenvalue weighted by Crippen LogP contribution is 2.28. The number of hydrogen-bond donors (Lipinski definition) is 0. The highest BCUT2D eigenvalue weighted by atomic mass is 35.5. The number of benzene rings is 2. The molecule has 0 aliphatic rings. The zero-order chi connectivity index (χ0) is 22.1. The molecule has 8 heteroatoms. The Morgan fingerprint density at radius 1 is 1.13 bits per heavy atom. The van der Waals surface area contributed by atoms with Gasteiger partial charge < -0.3 is 4.57 Å². The average molecular weight is 453 g/mol. The van der Waals surface area contributed by atoms with Crippen LogP contribution in [0.3, 0.4) is 0 Å². The van der Waals surface area contributed by atoms with Crippen LogP contribution >= 0.6 is 23.8 Å². The van der Waals surface area contributed by atoms with Crippen LogP contribution in [0.4, 0.5) is 0 Å². The molecule has 0 fully saturated rings. The normalized spacial score (nSPS) is 12.5. The van der Waals surface area contributed by atoms with E-state index in [1.54, 1.807) is 6.33 Å². The SMILES string of the molecule is Cc1ccc(-n2cnn(CN(C)C(c3ccc(Cl)cc3)c3nccn3C)c2=S)c(C)c1. The summed E-state index contributed by atoms with van der Waals surface area (Å²) in [5.41, 5.74) is 4.53. The Kier molecular flexibility index (Phi) is 6.09. The van der Waals surface area contributed by atoms with E-state index in [-0.39, 0.29) is 6.04 Å². The van der Waals surface area contributed by atoms with Crippen molar-refractivity contribution in [2.45, 2.75) is 26.6 Å². The van der Waals surface area contributed by atoms with E-state index < -0.39 is 0 Å². The molecule has 2 aromatic heterocycles. The summed E-state index contributed by atoms with van der Waals surface area (Å²) in [6.45, 7) is 4.69. The minimum absolute atomic E-state index is 0.0783. The zero-order valence-electron chi connectivity index (χ0n) is 18.0. The Labute approximate surface area is 192 Å². The first-order valence-electron chi connectivity index (χ1n) is 10.00. The van der Waals surface area contributed by atoms with Crippen molar-refractivity contribution >= 4 is 23.8 Å². The molecule has 0 radical (unpaired) electrons.